The Balaban J connectivity index is 2.28. The molecular formula is C12H11FN2O3S. The third-order valence-corrected chi connectivity index (χ3v) is 3.74. The van der Waals surface area contributed by atoms with E-state index in [2.05, 4.69) is 9.71 Å². The van der Waals surface area contributed by atoms with Gasteiger partial charge in [0.25, 0.3) is 10.0 Å². The fourth-order valence-corrected chi connectivity index (χ4v) is 2.44. The summed E-state index contributed by atoms with van der Waals surface area (Å²) >= 11 is 0. The summed E-state index contributed by atoms with van der Waals surface area (Å²) in [5.41, 5.74) is 0.534. The summed E-state index contributed by atoms with van der Waals surface area (Å²) < 4.78 is 39.0. The second-order valence-corrected chi connectivity index (χ2v) is 5.45. The van der Waals surface area contributed by atoms with E-state index >= 15 is 0 Å². The molecule has 2 rings (SSSR count). The Hall–Kier alpha value is -1.99. The number of sulfonamides is 1. The third-order valence-electron chi connectivity index (χ3n) is 2.37. The van der Waals surface area contributed by atoms with Gasteiger partial charge in [-0.3, -0.25) is 4.72 Å². The molecule has 0 saturated heterocycles. The molecule has 0 aliphatic heterocycles. The van der Waals surface area contributed by atoms with Crippen LogP contribution in [-0.2, 0) is 16.6 Å². The molecule has 7 heteroatoms. The predicted octanol–water partition coefficient (Wildman–Crippen LogP) is 1.51. The minimum atomic E-state index is -3.82. The molecule has 0 amide bonds. The largest absolute Gasteiger partial charge is 0.392 e. The molecule has 0 bridgehead atoms. The summed E-state index contributed by atoms with van der Waals surface area (Å²) in [5.74, 6) is -0.421. The summed E-state index contributed by atoms with van der Waals surface area (Å²) in [6, 6.07) is 7.43. The minimum absolute atomic E-state index is 0.0647. The van der Waals surface area contributed by atoms with Crippen LogP contribution in [0, 0.1) is 5.82 Å². The molecule has 100 valence electrons. The van der Waals surface area contributed by atoms with E-state index in [-0.39, 0.29) is 17.3 Å². The lowest BCUT2D eigenvalue weighted by atomic mass is 10.3. The summed E-state index contributed by atoms with van der Waals surface area (Å²) in [6.07, 6.45) is 1.38. The SMILES string of the molecule is O=S(=O)(Nc1cc(CO)ccn1)c1ccc(F)cc1. The molecule has 2 N–H and O–H groups in total. The molecule has 0 spiro atoms. The highest BCUT2D eigenvalue weighted by Crippen LogP contribution is 2.15. The van der Waals surface area contributed by atoms with Crippen LogP contribution in [0.2, 0.25) is 0 Å². The van der Waals surface area contributed by atoms with Gasteiger partial charge in [0.1, 0.15) is 11.6 Å². The van der Waals surface area contributed by atoms with Gasteiger partial charge in [-0.25, -0.2) is 17.8 Å². The summed E-state index contributed by atoms with van der Waals surface area (Å²) in [7, 11) is -3.82. The molecule has 1 aromatic heterocycles. The molecule has 0 unspecified atom stereocenters. The number of rotatable bonds is 4. The summed E-state index contributed by atoms with van der Waals surface area (Å²) in [6.45, 7) is -0.214. The maximum atomic E-state index is 12.7. The summed E-state index contributed by atoms with van der Waals surface area (Å²) in [5, 5.41) is 8.96. The first kappa shape index (κ1) is 13.4. The lowest BCUT2D eigenvalue weighted by Crippen LogP contribution is -2.14. The Morgan fingerprint density at radius 3 is 2.53 bits per heavy atom. The van der Waals surface area contributed by atoms with E-state index in [1.54, 1.807) is 6.07 Å². The average Bonchev–Trinajstić information content (AvgIpc) is 2.39. The molecule has 0 atom stereocenters. The van der Waals surface area contributed by atoms with Gasteiger partial charge in [0.15, 0.2) is 0 Å². The van der Waals surface area contributed by atoms with Gasteiger partial charge < -0.3 is 5.11 Å². The minimum Gasteiger partial charge on any atom is -0.392 e. The number of aliphatic hydroxyl groups excluding tert-OH is 1. The van der Waals surface area contributed by atoms with Crippen LogP contribution in [0.1, 0.15) is 5.56 Å². The smallest absolute Gasteiger partial charge is 0.263 e. The maximum absolute atomic E-state index is 12.7. The second-order valence-electron chi connectivity index (χ2n) is 3.77. The number of pyridine rings is 1. The number of benzene rings is 1. The van der Waals surface area contributed by atoms with Gasteiger partial charge in [-0.2, -0.15) is 0 Å². The fourth-order valence-electron chi connectivity index (χ4n) is 1.44. The quantitative estimate of drug-likeness (QED) is 0.891. The van der Waals surface area contributed by atoms with Crippen LogP contribution in [0.3, 0.4) is 0 Å². The van der Waals surface area contributed by atoms with Gasteiger partial charge in [0.05, 0.1) is 11.5 Å². The number of aromatic nitrogens is 1. The number of hydrogen-bond donors (Lipinski definition) is 2. The van der Waals surface area contributed by atoms with Crippen molar-refractivity contribution in [1.29, 1.82) is 0 Å². The zero-order valence-electron chi connectivity index (χ0n) is 9.75. The van der Waals surface area contributed by atoms with Crippen molar-refractivity contribution in [1.82, 2.24) is 4.98 Å². The van der Waals surface area contributed by atoms with E-state index in [9.17, 15) is 12.8 Å². The van der Waals surface area contributed by atoms with Crippen LogP contribution in [0.5, 0.6) is 0 Å². The van der Waals surface area contributed by atoms with Crippen LogP contribution in [-0.4, -0.2) is 18.5 Å². The van der Waals surface area contributed by atoms with Crippen LogP contribution < -0.4 is 4.72 Å². The van der Waals surface area contributed by atoms with E-state index in [1.807, 2.05) is 0 Å². The Morgan fingerprint density at radius 2 is 1.89 bits per heavy atom. The van der Waals surface area contributed by atoms with E-state index in [1.165, 1.54) is 12.3 Å². The Kier molecular flexibility index (Phi) is 3.77. The van der Waals surface area contributed by atoms with Gasteiger partial charge in [-0.1, -0.05) is 0 Å². The molecule has 5 nitrogen and oxygen atoms in total. The number of anilines is 1. The monoisotopic (exact) mass is 282 g/mol. The highest BCUT2D eigenvalue weighted by molar-refractivity contribution is 7.92. The number of halogens is 1. The third kappa shape index (κ3) is 3.27. The lowest BCUT2D eigenvalue weighted by molar-refractivity contribution is 0.282. The van der Waals surface area contributed by atoms with Gasteiger partial charge in [-0.05, 0) is 42.0 Å². The van der Waals surface area contributed by atoms with Gasteiger partial charge in [0.2, 0.25) is 0 Å². The van der Waals surface area contributed by atoms with Crippen molar-refractivity contribution in [2.75, 3.05) is 4.72 Å². The number of hydrogen-bond acceptors (Lipinski definition) is 4. The molecule has 1 aromatic carbocycles. The molecule has 0 radical (unpaired) electrons. The Labute approximate surface area is 109 Å². The lowest BCUT2D eigenvalue weighted by Gasteiger charge is -2.07. The zero-order chi connectivity index (χ0) is 13.9. The standard InChI is InChI=1S/C12H11FN2O3S/c13-10-1-3-11(4-2-10)19(17,18)15-12-7-9(8-16)5-6-14-12/h1-7,16H,8H2,(H,14,15). The van der Waals surface area contributed by atoms with Gasteiger partial charge in [-0.15, -0.1) is 0 Å². The van der Waals surface area contributed by atoms with Crippen molar-refractivity contribution >= 4 is 15.8 Å². The molecule has 0 fully saturated rings. The molecule has 2 aromatic rings. The van der Waals surface area contributed by atoms with Gasteiger partial charge >= 0.3 is 0 Å². The van der Waals surface area contributed by atoms with Crippen molar-refractivity contribution in [2.24, 2.45) is 0 Å². The van der Waals surface area contributed by atoms with Crippen molar-refractivity contribution in [3.63, 3.8) is 0 Å². The van der Waals surface area contributed by atoms with Crippen LogP contribution in [0.15, 0.2) is 47.5 Å². The van der Waals surface area contributed by atoms with Crippen LogP contribution >= 0.6 is 0 Å². The summed E-state index contributed by atoms with van der Waals surface area (Å²) in [4.78, 5) is 3.78. The zero-order valence-corrected chi connectivity index (χ0v) is 10.6. The molecule has 0 aliphatic rings. The first-order chi connectivity index (χ1) is 9.01. The van der Waals surface area contributed by atoms with E-state index < -0.39 is 15.8 Å². The van der Waals surface area contributed by atoms with Crippen molar-refractivity contribution in [3.05, 3.63) is 54.0 Å². The van der Waals surface area contributed by atoms with E-state index in [4.69, 9.17) is 5.11 Å². The second kappa shape index (κ2) is 5.33. The predicted molar refractivity (Wildman–Crippen MR) is 67.4 cm³/mol. The van der Waals surface area contributed by atoms with Gasteiger partial charge in [0, 0.05) is 6.20 Å². The molecule has 0 saturated carbocycles. The number of aliphatic hydroxyl groups is 1. The topological polar surface area (TPSA) is 79.3 Å². The highest BCUT2D eigenvalue weighted by Gasteiger charge is 2.14. The Bertz CT molecular complexity index is 672. The first-order valence-corrected chi connectivity index (χ1v) is 6.84. The van der Waals surface area contributed by atoms with Crippen LogP contribution in [0.4, 0.5) is 10.2 Å². The van der Waals surface area contributed by atoms with E-state index in [0.717, 1.165) is 24.3 Å². The first-order valence-electron chi connectivity index (χ1n) is 5.35. The molecule has 0 aliphatic carbocycles. The Morgan fingerprint density at radius 1 is 1.21 bits per heavy atom. The molecule has 19 heavy (non-hydrogen) atoms. The maximum Gasteiger partial charge on any atom is 0.263 e. The fraction of sp³-hybridized carbons (Fsp3) is 0.0833. The van der Waals surface area contributed by atoms with Crippen molar-refractivity contribution in [2.45, 2.75) is 11.5 Å². The average molecular weight is 282 g/mol. The van der Waals surface area contributed by atoms with Crippen molar-refractivity contribution < 1.29 is 17.9 Å². The van der Waals surface area contributed by atoms with Crippen LogP contribution in [0.25, 0.3) is 0 Å². The molecule has 1 heterocycles. The molecular weight excluding hydrogens is 271 g/mol. The number of nitrogens with zero attached hydrogens (tertiary/aromatic N) is 1. The number of nitrogens with one attached hydrogen (secondary N) is 1. The normalized spacial score (nSPS) is 11.3. The van der Waals surface area contributed by atoms with Crippen molar-refractivity contribution in [3.8, 4) is 0 Å². The highest BCUT2D eigenvalue weighted by atomic mass is 32.2. The van der Waals surface area contributed by atoms with E-state index in [0.29, 0.717) is 5.56 Å².